The number of ether oxygens (including phenoxy) is 2. The second-order valence-corrected chi connectivity index (χ2v) is 3.55. The Balaban J connectivity index is 3.02. The molecule has 1 rings (SSSR count). The summed E-state index contributed by atoms with van der Waals surface area (Å²) in [7, 11) is 3.37. The summed E-state index contributed by atoms with van der Waals surface area (Å²) >= 11 is 0. The van der Waals surface area contributed by atoms with E-state index in [9.17, 15) is 0 Å². The number of benzene rings is 1. The predicted molar refractivity (Wildman–Crippen MR) is 61.2 cm³/mol. The Morgan fingerprint density at radius 3 is 2.60 bits per heavy atom. The number of hydrogen-bond donors (Lipinski definition) is 1. The van der Waals surface area contributed by atoms with E-state index < -0.39 is 0 Å². The van der Waals surface area contributed by atoms with Crippen LogP contribution in [-0.2, 0) is 4.74 Å². The summed E-state index contributed by atoms with van der Waals surface area (Å²) in [6, 6.07) is 6.08. The Hall–Kier alpha value is -1.06. The van der Waals surface area contributed by atoms with Crippen LogP contribution in [0.2, 0.25) is 0 Å². The molecule has 1 unspecified atom stereocenters. The molecule has 3 nitrogen and oxygen atoms in total. The molecular weight excluding hydrogens is 190 g/mol. The monoisotopic (exact) mass is 209 g/mol. The van der Waals surface area contributed by atoms with Gasteiger partial charge in [0, 0.05) is 12.7 Å². The number of nitrogens with two attached hydrogens (primary N) is 1. The molecule has 0 aliphatic carbocycles. The lowest BCUT2D eigenvalue weighted by Crippen LogP contribution is -2.10. The van der Waals surface area contributed by atoms with E-state index in [1.54, 1.807) is 14.2 Å². The van der Waals surface area contributed by atoms with Crippen molar-refractivity contribution in [3.8, 4) is 5.75 Å². The minimum absolute atomic E-state index is 0.0184. The van der Waals surface area contributed by atoms with Crippen molar-refractivity contribution >= 4 is 0 Å². The number of aryl methyl sites for hydroxylation is 1. The zero-order valence-electron chi connectivity index (χ0n) is 9.62. The van der Waals surface area contributed by atoms with Gasteiger partial charge in [0.2, 0.25) is 0 Å². The highest BCUT2D eigenvalue weighted by Crippen LogP contribution is 2.29. The first-order valence-electron chi connectivity index (χ1n) is 5.10. The molecule has 0 aliphatic heterocycles. The lowest BCUT2D eigenvalue weighted by molar-refractivity contribution is 0.0953. The normalized spacial score (nSPS) is 12.5. The van der Waals surface area contributed by atoms with Crippen molar-refractivity contribution in [2.75, 3.05) is 20.8 Å². The van der Waals surface area contributed by atoms with E-state index in [0.717, 1.165) is 17.7 Å². The number of rotatable bonds is 5. The van der Waals surface area contributed by atoms with Gasteiger partial charge in [-0.3, -0.25) is 0 Å². The van der Waals surface area contributed by atoms with Gasteiger partial charge in [0.05, 0.1) is 13.2 Å². The van der Waals surface area contributed by atoms with E-state index in [0.29, 0.717) is 6.54 Å². The molecule has 3 heteroatoms. The molecule has 0 aromatic heterocycles. The Kier molecular flexibility index (Phi) is 4.59. The van der Waals surface area contributed by atoms with Crippen molar-refractivity contribution in [3.05, 3.63) is 29.3 Å². The summed E-state index contributed by atoms with van der Waals surface area (Å²) in [5.74, 6) is 0.862. The fourth-order valence-electron chi connectivity index (χ4n) is 1.66. The third-order valence-electron chi connectivity index (χ3n) is 2.45. The Labute approximate surface area is 91.2 Å². The fourth-order valence-corrected chi connectivity index (χ4v) is 1.66. The van der Waals surface area contributed by atoms with Crippen LogP contribution in [0, 0.1) is 6.92 Å². The van der Waals surface area contributed by atoms with Gasteiger partial charge in [-0.1, -0.05) is 11.6 Å². The van der Waals surface area contributed by atoms with Gasteiger partial charge in [0.15, 0.2) is 0 Å². The van der Waals surface area contributed by atoms with Crippen molar-refractivity contribution < 1.29 is 9.47 Å². The molecular formula is C12H19NO2. The molecule has 0 bridgehead atoms. The fraction of sp³-hybridized carbons (Fsp3) is 0.500. The average molecular weight is 209 g/mol. The van der Waals surface area contributed by atoms with E-state index in [4.69, 9.17) is 15.2 Å². The third kappa shape index (κ3) is 2.94. The first kappa shape index (κ1) is 12.0. The largest absolute Gasteiger partial charge is 0.496 e. The van der Waals surface area contributed by atoms with Crippen LogP contribution in [-0.4, -0.2) is 20.8 Å². The van der Waals surface area contributed by atoms with Gasteiger partial charge < -0.3 is 15.2 Å². The van der Waals surface area contributed by atoms with Gasteiger partial charge in [-0.15, -0.1) is 0 Å². The Bertz CT molecular complexity index is 312. The van der Waals surface area contributed by atoms with E-state index >= 15 is 0 Å². The summed E-state index contributed by atoms with van der Waals surface area (Å²) in [6.45, 7) is 2.66. The SMILES string of the molecule is COc1ccc(C)cc1C(CCN)OC. The molecule has 0 saturated heterocycles. The van der Waals surface area contributed by atoms with Crippen molar-refractivity contribution in [1.29, 1.82) is 0 Å². The van der Waals surface area contributed by atoms with Gasteiger partial charge in [-0.2, -0.15) is 0 Å². The zero-order chi connectivity index (χ0) is 11.3. The maximum absolute atomic E-state index is 5.55. The summed E-state index contributed by atoms with van der Waals surface area (Å²) in [5.41, 5.74) is 7.82. The van der Waals surface area contributed by atoms with E-state index in [2.05, 4.69) is 13.0 Å². The average Bonchev–Trinajstić information content (AvgIpc) is 2.26. The highest BCUT2D eigenvalue weighted by Gasteiger charge is 2.14. The summed E-state index contributed by atoms with van der Waals surface area (Å²) in [5, 5.41) is 0. The zero-order valence-corrected chi connectivity index (χ0v) is 9.62. The van der Waals surface area contributed by atoms with E-state index in [1.165, 1.54) is 5.56 Å². The second-order valence-electron chi connectivity index (χ2n) is 3.55. The molecule has 0 fully saturated rings. The first-order chi connectivity index (χ1) is 7.22. The standard InChI is InChI=1S/C12H19NO2/c1-9-4-5-11(14-2)10(8-9)12(15-3)6-7-13/h4-5,8,12H,6-7,13H2,1-3H3. The Morgan fingerprint density at radius 2 is 2.07 bits per heavy atom. The van der Waals surface area contributed by atoms with Crippen LogP contribution in [0.25, 0.3) is 0 Å². The molecule has 0 spiro atoms. The molecule has 0 aliphatic rings. The molecule has 0 radical (unpaired) electrons. The second kappa shape index (κ2) is 5.73. The third-order valence-corrected chi connectivity index (χ3v) is 2.45. The molecule has 0 heterocycles. The summed E-state index contributed by atoms with van der Waals surface area (Å²) in [4.78, 5) is 0. The molecule has 0 saturated carbocycles. The van der Waals surface area contributed by atoms with Crippen molar-refractivity contribution in [1.82, 2.24) is 0 Å². The molecule has 84 valence electrons. The lowest BCUT2D eigenvalue weighted by atomic mass is 10.0. The van der Waals surface area contributed by atoms with Crippen LogP contribution in [0.4, 0.5) is 0 Å². The topological polar surface area (TPSA) is 44.5 Å². The lowest BCUT2D eigenvalue weighted by Gasteiger charge is -2.18. The maximum atomic E-state index is 5.55. The molecule has 15 heavy (non-hydrogen) atoms. The quantitative estimate of drug-likeness (QED) is 0.807. The first-order valence-corrected chi connectivity index (χ1v) is 5.10. The van der Waals surface area contributed by atoms with Crippen LogP contribution < -0.4 is 10.5 Å². The predicted octanol–water partition coefficient (Wildman–Crippen LogP) is 2.04. The molecule has 2 N–H and O–H groups in total. The van der Waals surface area contributed by atoms with Crippen LogP contribution >= 0.6 is 0 Å². The van der Waals surface area contributed by atoms with E-state index in [-0.39, 0.29) is 6.10 Å². The number of hydrogen-bond acceptors (Lipinski definition) is 3. The molecule has 0 amide bonds. The van der Waals surface area contributed by atoms with Crippen molar-refractivity contribution in [2.24, 2.45) is 5.73 Å². The highest BCUT2D eigenvalue weighted by molar-refractivity contribution is 5.38. The van der Waals surface area contributed by atoms with Gasteiger partial charge >= 0.3 is 0 Å². The Morgan fingerprint density at radius 1 is 1.33 bits per heavy atom. The minimum Gasteiger partial charge on any atom is -0.496 e. The van der Waals surface area contributed by atoms with Crippen LogP contribution in [0.3, 0.4) is 0 Å². The van der Waals surface area contributed by atoms with Crippen molar-refractivity contribution in [3.63, 3.8) is 0 Å². The van der Waals surface area contributed by atoms with Gasteiger partial charge in [0.1, 0.15) is 5.75 Å². The maximum Gasteiger partial charge on any atom is 0.124 e. The molecule has 1 atom stereocenters. The summed E-state index contributed by atoms with van der Waals surface area (Å²) < 4.78 is 10.7. The molecule has 1 aromatic rings. The van der Waals surface area contributed by atoms with Crippen LogP contribution in [0.15, 0.2) is 18.2 Å². The minimum atomic E-state index is 0.0184. The van der Waals surface area contributed by atoms with Crippen molar-refractivity contribution in [2.45, 2.75) is 19.4 Å². The number of methoxy groups -OCH3 is 2. The van der Waals surface area contributed by atoms with Crippen LogP contribution in [0.5, 0.6) is 5.75 Å². The summed E-state index contributed by atoms with van der Waals surface area (Å²) in [6.07, 6.45) is 0.820. The van der Waals surface area contributed by atoms with Gasteiger partial charge in [0.25, 0.3) is 0 Å². The van der Waals surface area contributed by atoms with Gasteiger partial charge in [-0.25, -0.2) is 0 Å². The smallest absolute Gasteiger partial charge is 0.124 e. The molecule has 1 aromatic carbocycles. The highest BCUT2D eigenvalue weighted by atomic mass is 16.5. The van der Waals surface area contributed by atoms with Gasteiger partial charge in [-0.05, 0) is 32.0 Å². The van der Waals surface area contributed by atoms with E-state index in [1.807, 2.05) is 12.1 Å². The van der Waals surface area contributed by atoms with Crippen LogP contribution in [0.1, 0.15) is 23.7 Å².